The molecular weight excluding hydrogens is 376 g/mol. The van der Waals surface area contributed by atoms with E-state index in [1.54, 1.807) is 11.2 Å². The van der Waals surface area contributed by atoms with E-state index in [9.17, 15) is 4.79 Å². The zero-order valence-electron chi connectivity index (χ0n) is 16.0. The van der Waals surface area contributed by atoms with Crippen LogP contribution in [0.1, 0.15) is 53.3 Å². The van der Waals surface area contributed by atoms with Crippen molar-refractivity contribution >= 4 is 23.2 Å². The molecule has 1 aromatic carbocycles. The summed E-state index contributed by atoms with van der Waals surface area (Å²) >= 11 is 6.72. The van der Waals surface area contributed by atoms with Gasteiger partial charge in [0, 0.05) is 12.2 Å². The van der Waals surface area contributed by atoms with Gasteiger partial charge in [0.25, 0.3) is 5.91 Å². The van der Waals surface area contributed by atoms with Gasteiger partial charge in [-0.2, -0.15) is 5.10 Å². The lowest BCUT2D eigenvalue weighted by Crippen LogP contribution is -2.42. The van der Waals surface area contributed by atoms with E-state index in [1.165, 1.54) is 0 Å². The van der Waals surface area contributed by atoms with E-state index < -0.39 is 6.17 Å². The third-order valence-corrected chi connectivity index (χ3v) is 5.43. The highest BCUT2D eigenvalue weighted by Crippen LogP contribution is 2.38. The molecule has 0 spiro atoms. The molecule has 3 aromatic rings. The first-order valence-corrected chi connectivity index (χ1v) is 9.89. The highest BCUT2D eigenvalue weighted by Gasteiger charge is 2.36. The molecule has 0 radical (unpaired) electrons. The van der Waals surface area contributed by atoms with E-state index >= 15 is 0 Å². The van der Waals surface area contributed by atoms with Crippen molar-refractivity contribution in [1.29, 1.82) is 0 Å². The van der Waals surface area contributed by atoms with Gasteiger partial charge in [0.15, 0.2) is 0 Å². The second-order valence-corrected chi connectivity index (χ2v) is 7.33. The summed E-state index contributed by atoms with van der Waals surface area (Å²) in [5.41, 5.74) is 3.07. The third-order valence-electron chi connectivity index (χ3n) is 5.03. The Balaban J connectivity index is 1.77. The van der Waals surface area contributed by atoms with E-state index in [-0.39, 0.29) is 5.91 Å². The largest absolute Gasteiger partial charge is 0.467 e. The Bertz CT molecular complexity index is 980. The highest BCUT2D eigenvalue weighted by molar-refractivity contribution is 6.30. The molecule has 0 unspecified atom stereocenters. The molecule has 6 nitrogen and oxygen atoms in total. The molecule has 7 heteroatoms. The van der Waals surface area contributed by atoms with Crippen LogP contribution in [-0.2, 0) is 13.1 Å². The van der Waals surface area contributed by atoms with Gasteiger partial charge < -0.3 is 14.6 Å². The van der Waals surface area contributed by atoms with Crippen molar-refractivity contribution < 1.29 is 9.21 Å². The number of rotatable bonds is 6. The SMILES string of the molecule is CCCCn1nc(C)c([C@@H]2Nc3ccccc3C(=O)N2Cc2ccco2)c1Cl. The summed E-state index contributed by atoms with van der Waals surface area (Å²) in [6.45, 7) is 5.16. The summed E-state index contributed by atoms with van der Waals surface area (Å²) in [6.07, 6.45) is 3.25. The Labute approximate surface area is 169 Å². The topological polar surface area (TPSA) is 63.3 Å². The first kappa shape index (κ1) is 18.6. The lowest BCUT2D eigenvalue weighted by atomic mass is 10.0. The number of amides is 1. The molecule has 1 aliphatic heterocycles. The monoisotopic (exact) mass is 398 g/mol. The molecule has 0 saturated carbocycles. The molecule has 1 aliphatic rings. The van der Waals surface area contributed by atoms with Gasteiger partial charge in [-0.3, -0.25) is 9.48 Å². The second-order valence-electron chi connectivity index (χ2n) is 6.97. The molecule has 0 aliphatic carbocycles. The number of halogens is 1. The summed E-state index contributed by atoms with van der Waals surface area (Å²) in [7, 11) is 0. The van der Waals surface area contributed by atoms with Gasteiger partial charge >= 0.3 is 0 Å². The minimum Gasteiger partial charge on any atom is -0.467 e. The Kier molecular flexibility index (Phi) is 5.13. The number of unbranched alkanes of at least 4 members (excludes halogenated alkanes) is 1. The van der Waals surface area contributed by atoms with Crippen molar-refractivity contribution in [3.8, 4) is 0 Å². The molecule has 4 rings (SSSR count). The summed E-state index contributed by atoms with van der Waals surface area (Å²) in [4.78, 5) is 15.1. The molecule has 1 amide bonds. The zero-order chi connectivity index (χ0) is 19.7. The fourth-order valence-corrected chi connectivity index (χ4v) is 3.95. The van der Waals surface area contributed by atoms with Crippen LogP contribution < -0.4 is 5.32 Å². The van der Waals surface area contributed by atoms with Crippen LogP contribution >= 0.6 is 11.6 Å². The summed E-state index contributed by atoms with van der Waals surface area (Å²) in [5.74, 6) is 0.652. The number of aryl methyl sites for hydroxylation is 2. The van der Waals surface area contributed by atoms with Gasteiger partial charge in [0.05, 0.1) is 29.6 Å². The van der Waals surface area contributed by atoms with Gasteiger partial charge in [0.1, 0.15) is 17.1 Å². The van der Waals surface area contributed by atoms with Gasteiger partial charge in [-0.25, -0.2) is 0 Å². The van der Waals surface area contributed by atoms with Crippen LogP contribution in [0.5, 0.6) is 0 Å². The van der Waals surface area contributed by atoms with Crippen LogP contribution in [0.25, 0.3) is 0 Å². The molecule has 1 N–H and O–H groups in total. The molecule has 0 bridgehead atoms. The number of para-hydroxylation sites is 1. The van der Waals surface area contributed by atoms with Crippen LogP contribution in [0.2, 0.25) is 5.15 Å². The summed E-state index contributed by atoms with van der Waals surface area (Å²) in [5, 5.41) is 8.67. The van der Waals surface area contributed by atoms with Crippen LogP contribution in [0.4, 0.5) is 5.69 Å². The highest BCUT2D eigenvalue weighted by atomic mass is 35.5. The summed E-state index contributed by atoms with van der Waals surface area (Å²) < 4.78 is 7.33. The Morgan fingerprint density at radius 2 is 2.07 bits per heavy atom. The van der Waals surface area contributed by atoms with Crippen LogP contribution in [0.3, 0.4) is 0 Å². The number of carbonyl (C=O) groups excluding carboxylic acids is 1. The van der Waals surface area contributed by atoms with Gasteiger partial charge in [-0.05, 0) is 37.6 Å². The number of furan rings is 1. The molecule has 0 fully saturated rings. The molecule has 0 saturated heterocycles. The van der Waals surface area contributed by atoms with Gasteiger partial charge in [-0.1, -0.05) is 37.1 Å². The van der Waals surface area contributed by atoms with Crippen LogP contribution in [-0.4, -0.2) is 20.6 Å². The number of anilines is 1. The lowest BCUT2D eigenvalue weighted by molar-refractivity contribution is 0.0651. The Hall–Kier alpha value is -2.73. The standard InChI is InChI=1S/C21H23ClN4O2/c1-3-4-11-26-19(22)18(14(2)24-26)20-23-17-10-6-5-9-16(17)21(27)25(20)13-15-8-7-12-28-15/h5-10,12,20,23H,3-4,11,13H2,1-2H3/t20-/m1/s1. The summed E-state index contributed by atoms with van der Waals surface area (Å²) in [6, 6.07) is 11.2. The number of nitrogens with zero attached hydrogens (tertiary/aromatic N) is 3. The van der Waals surface area contributed by atoms with Crippen molar-refractivity contribution in [3.05, 3.63) is 70.4 Å². The van der Waals surface area contributed by atoms with Crippen molar-refractivity contribution in [2.45, 2.75) is 45.9 Å². The van der Waals surface area contributed by atoms with E-state index in [4.69, 9.17) is 16.0 Å². The van der Waals surface area contributed by atoms with Crippen LogP contribution in [0.15, 0.2) is 47.1 Å². The Morgan fingerprint density at radius 3 is 2.82 bits per heavy atom. The number of hydrogen-bond donors (Lipinski definition) is 1. The first-order chi connectivity index (χ1) is 13.6. The molecule has 146 valence electrons. The third kappa shape index (κ3) is 3.29. The van der Waals surface area contributed by atoms with E-state index in [0.717, 1.165) is 36.3 Å². The van der Waals surface area contributed by atoms with E-state index in [0.29, 0.717) is 23.0 Å². The number of carbonyl (C=O) groups is 1. The molecule has 1 atom stereocenters. The van der Waals surface area contributed by atoms with E-state index in [2.05, 4.69) is 17.3 Å². The Morgan fingerprint density at radius 1 is 1.25 bits per heavy atom. The molecule has 2 aromatic heterocycles. The maximum Gasteiger partial charge on any atom is 0.258 e. The second kappa shape index (κ2) is 7.72. The zero-order valence-corrected chi connectivity index (χ0v) is 16.7. The average Bonchev–Trinajstić information content (AvgIpc) is 3.30. The van der Waals surface area contributed by atoms with Crippen molar-refractivity contribution in [3.63, 3.8) is 0 Å². The minimum absolute atomic E-state index is 0.0625. The maximum absolute atomic E-state index is 13.3. The van der Waals surface area contributed by atoms with E-state index in [1.807, 2.05) is 48.0 Å². The molecule has 3 heterocycles. The number of fused-ring (bicyclic) bond motifs is 1. The predicted molar refractivity (Wildman–Crippen MR) is 108 cm³/mol. The smallest absolute Gasteiger partial charge is 0.258 e. The fraction of sp³-hybridized carbons (Fsp3) is 0.333. The van der Waals surface area contributed by atoms with Crippen molar-refractivity contribution in [1.82, 2.24) is 14.7 Å². The quantitative estimate of drug-likeness (QED) is 0.634. The first-order valence-electron chi connectivity index (χ1n) is 9.52. The van der Waals surface area contributed by atoms with Crippen molar-refractivity contribution in [2.75, 3.05) is 5.32 Å². The number of aromatic nitrogens is 2. The fourth-order valence-electron chi connectivity index (χ4n) is 3.59. The lowest BCUT2D eigenvalue weighted by Gasteiger charge is -2.37. The number of hydrogen-bond acceptors (Lipinski definition) is 4. The van der Waals surface area contributed by atoms with Gasteiger partial charge in [0.2, 0.25) is 0 Å². The molecular formula is C21H23ClN4O2. The van der Waals surface area contributed by atoms with Gasteiger partial charge in [-0.15, -0.1) is 0 Å². The molecule has 28 heavy (non-hydrogen) atoms. The minimum atomic E-state index is -0.421. The van der Waals surface area contributed by atoms with Crippen molar-refractivity contribution in [2.24, 2.45) is 0 Å². The number of benzene rings is 1. The maximum atomic E-state index is 13.3. The normalized spacial score (nSPS) is 16.2. The average molecular weight is 399 g/mol. The van der Waals surface area contributed by atoms with Crippen LogP contribution in [0, 0.1) is 6.92 Å². The predicted octanol–water partition coefficient (Wildman–Crippen LogP) is 5.00. The number of nitrogens with one attached hydrogen (secondary N) is 1.